The van der Waals surface area contributed by atoms with E-state index in [2.05, 4.69) is 53.3 Å². The molecule has 0 saturated heterocycles. The molecule has 2 rings (SSSR count). The van der Waals surface area contributed by atoms with E-state index in [4.69, 9.17) is 0 Å². The Kier molecular flexibility index (Phi) is 5.51. The second-order valence-corrected chi connectivity index (χ2v) is 4.91. The topological polar surface area (TPSA) is 50.2 Å². The number of nitrogens with zero attached hydrogens (tertiary/aromatic N) is 3. The van der Waals surface area contributed by atoms with Crippen molar-refractivity contribution >= 4 is 6.03 Å². The van der Waals surface area contributed by atoms with Crippen molar-refractivity contribution in [2.75, 3.05) is 13.1 Å². The Labute approximate surface area is 125 Å². The molecule has 0 bridgehead atoms. The van der Waals surface area contributed by atoms with Crippen molar-refractivity contribution in [3.63, 3.8) is 0 Å². The first-order valence-electron chi connectivity index (χ1n) is 7.29. The highest BCUT2D eigenvalue weighted by molar-refractivity contribution is 5.76. The van der Waals surface area contributed by atoms with Crippen LogP contribution in [0.5, 0.6) is 0 Å². The van der Waals surface area contributed by atoms with E-state index >= 15 is 0 Å². The van der Waals surface area contributed by atoms with E-state index < -0.39 is 0 Å². The fraction of sp³-hybridized carbons (Fsp3) is 0.375. The maximum Gasteiger partial charge on any atom is 0.327 e. The van der Waals surface area contributed by atoms with Gasteiger partial charge < -0.3 is 5.32 Å². The van der Waals surface area contributed by atoms with Crippen LogP contribution in [0.15, 0.2) is 43.0 Å². The van der Waals surface area contributed by atoms with Crippen molar-refractivity contribution in [3.8, 4) is 0 Å². The average Bonchev–Trinajstić information content (AvgIpc) is 3.06. The lowest BCUT2D eigenvalue weighted by atomic mass is 10.1. The highest BCUT2D eigenvalue weighted by atomic mass is 16.2. The van der Waals surface area contributed by atoms with E-state index in [1.165, 1.54) is 16.5 Å². The van der Waals surface area contributed by atoms with Gasteiger partial charge in [-0.15, -0.1) is 0 Å². The van der Waals surface area contributed by atoms with Crippen molar-refractivity contribution in [1.29, 1.82) is 0 Å². The van der Waals surface area contributed by atoms with Crippen LogP contribution in [-0.2, 0) is 13.1 Å². The normalized spacial score (nSPS) is 10.8. The van der Waals surface area contributed by atoms with Gasteiger partial charge in [-0.2, -0.15) is 0 Å². The van der Waals surface area contributed by atoms with E-state index in [0.29, 0.717) is 6.54 Å². The van der Waals surface area contributed by atoms with Crippen molar-refractivity contribution in [2.24, 2.45) is 0 Å². The molecule has 1 aromatic carbocycles. The van der Waals surface area contributed by atoms with Crippen LogP contribution >= 0.6 is 0 Å². The number of carbonyl (C=O) groups excluding carboxylic acids is 1. The molecule has 2 aromatic rings. The Morgan fingerprint density at radius 2 is 1.86 bits per heavy atom. The molecule has 0 aliphatic carbocycles. The molecule has 0 aliphatic heterocycles. The molecule has 0 atom stereocenters. The van der Waals surface area contributed by atoms with Crippen molar-refractivity contribution in [3.05, 3.63) is 54.1 Å². The van der Waals surface area contributed by atoms with Gasteiger partial charge in [0.05, 0.1) is 0 Å². The smallest absolute Gasteiger partial charge is 0.327 e. The molecule has 0 aliphatic rings. The summed E-state index contributed by atoms with van der Waals surface area (Å²) < 4.78 is 1.43. The number of hydrogen-bond donors (Lipinski definition) is 1. The van der Waals surface area contributed by atoms with Crippen LogP contribution < -0.4 is 5.32 Å². The Morgan fingerprint density at radius 3 is 2.43 bits per heavy atom. The highest BCUT2D eigenvalue weighted by Crippen LogP contribution is 2.07. The predicted molar refractivity (Wildman–Crippen MR) is 82.9 cm³/mol. The van der Waals surface area contributed by atoms with Crippen LogP contribution in [0.4, 0.5) is 4.79 Å². The summed E-state index contributed by atoms with van der Waals surface area (Å²) >= 11 is 0. The van der Waals surface area contributed by atoms with Crippen LogP contribution in [0.3, 0.4) is 0 Å². The zero-order chi connectivity index (χ0) is 15.1. The number of carbonyl (C=O) groups is 1. The molecule has 0 unspecified atom stereocenters. The molecular weight excluding hydrogens is 264 g/mol. The van der Waals surface area contributed by atoms with Gasteiger partial charge in [0.25, 0.3) is 0 Å². The van der Waals surface area contributed by atoms with Gasteiger partial charge >= 0.3 is 6.03 Å². The molecule has 0 radical (unpaired) electrons. The van der Waals surface area contributed by atoms with Crippen molar-refractivity contribution in [1.82, 2.24) is 19.8 Å². The molecular formula is C16H22N4O. The van der Waals surface area contributed by atoms with Crippen LogP contribution in [0.1, 0.15) is 25.0 Å². The van der Waals surface area contributed by atoms with E-state index in [9.17, 15) is 4.79 Å². The van der Waals surface area contributed by atoms with Gasteiger partial charge in [0.1, 0.15) is 6.33 Å². The molecule has 1 amide bonds. The zero-order valence-electron chi connectivity index (χ0n) is 12.6. The van der Waals surface area contributed by atoms with Crippen LogP contribution in [0, 0.1) is 0 Å². The third kappa shape index (κ3) is 4.43. The quantitative estimate of drug-likeness (QED) is 0.887. The molecule has 0 fully saturated rings. The standard InChI is InChI=1S/C16H22N4O/c1-3-19(4-2)12-15-7-5-14(6-8-15)11-18-16(21)20-10-9-17-13-20/h5-10,13H,3-4,11-12H2,1-2H3,(H,18,21). The zero-order valence-corrected chi connectivity index (χ0v) is 12.6. The second kappa shape index (κ2) is 7.59. The van der Waals surface area contributed by atoms with Crippen LogP contribution in [-0.4, -0.2) is 33.6 Å². The van der Waals surface area contributed by atoms with Crippen LogP contribution in [0.2, 0.25) is 0 Å². The maximum atomic E-state index is 11.8. The van der Waals surface area contributed by atoms with E-state index in [0.717, 1.165) is 25.2 Å². The molecule has 0 saturated carbocycles. The number of rotatable bonds is 6. The lowest BCUT2D eigenvalue weighted by Gasteiger charge is -2.18. The number of amides is 1. The van der Waals surface area contributed by atoms with E-state index in [-0.39, 0.29) is 6.03 Å². The van der Waals surface area contributed by atoms with Gasteiger partial charge in [-0.05, 0) is 24.2 Å². The highest BCUT2D eigenvalue weighted by Gasteiger charge is 2.04. The molecule has 1 aromatic heterocycles. The minimum absolute atomic E-state index is 0.167. The summed E-state index contributed by atoms with van der Waals surface area (Å²) in [7, 11) is 0. The molecule has 0 spiro atoms. The second-order valence-electron chi connectivity index (χ2n) is 4.91. The summed E-state index contributed by atoms with van der Waals surface area (Å²) in [5, 5.41) is 2.86. The number of benzene rings is 1. The van der Waals surface area contributed by atoms with Crippen molar-refractivity contribution < 1.29 is 4.79 Å². The Balaban J connectivity index is 1.86. The van der Waals surface area contributed by atoms with Gasteiger partial charge in [-0.1, -0.05) is 38.1 Å². The van der Waals surface area contributed by atoms with E-state index in [1.807, 2.05) is 0 Å². The largest absolute Gasteiger partial charge is 0.333 e. The SMILES string of the molecule is CCN(CC)Cc1ccc(CNC(=O)n2ccnc2)cc1. The third-order valence-electron chi connectivity index (χ3n) is 3.51. The summed E-state index contributed by atoms with van der Waals surface area (Å²) in [6.45, 7) is 7.93. The van der Waals surface area contributed by atoms with E-state index in [1.54, 1.807) is 12.4 Å². The summed E-state index contributed by atoms with van der Waals surface area (Å²) in [4.78, 5) is 18.0. The summed E-state index contributed by atoms with van der Waals surface area (Å²) in [6, 6.07) is 8.20. The summed E-state index contributed by atoms with van der Waals surface area (Å²) in [5.41, 5.74) is 2.38. The number of hydrogen-bond acceptors (Lipinski definition) is 3. The lowest BCUT2D eigenvalue weighted by Crippen LogP contribution is -2.27. The molecule has 5 nitrogen and oxygen atoms in total. The van der Waals surface area contributed by atoms with Gasteiger partial charge in [-0.25, -0.2) is 9.78 Å². The van der Waals surface area contributed by atoms with Crippen LogP contribution in [0.25, 0.3) is 0 Å². The Bertz CT molecular complexity index is 544. The number of nitrogens with one attached hydrogen (secondary N) is 1. The first kappa shape index (κ1) is 15.3. The summed E-state index contributed by atoms with van der Waals surface area (Å²) in [6.07, 6.45) is 4.70. The Hall–Kier alpha value is -2.14. The molecule has 5 heteroatoms. The number of imidazole rings is 1. The minimum atomic E-state index is -0.167. The Morgan fingerprint density at radius 1 is 1.19 bits per heavy atom. The number of aromatic nitrogens is 2. The monoisotopic (exact) mass is 286 g/mol. The van der Waals surface area contributed by atoms with Crippen molar-refractivity contribution in [2.45, 2.75) is 26.9 Å². The average molecular weight is 286 g/mol. The first-order valence-corrected chi connectivity index (χ1v) is 7.29. The summed E-state index contributed by atoms with van der Waals surface area (Å²) in [5.74, 6) is 0. The van der Waals surface area contributed by atoms with Gasteiger partial charge in [0.15, 0.2) is 0 Å². The minimum Gasteiger partial charge on any atom is -0.333 e. The first-order chi connectivity index (χ1) is 10.2. The lowest BCUT2D eigenvalue weighted by molar-refractivity contribution is 0.242. The fourth-order valence-electron chi connectivity index (χ4n) is 2.12. The molecule has 21 heavy (non-hydrogen) atoms. The molecule has 1 heterocycles. The van der Waals surface area contributed by atoms with Gasteiger partial charge in [0, 0.05) is 25.5 Å². The maximum absolute atomic E-state index is 11.8. The molecule has 112 valence electrons. The predicted octanol–water partition coefficient (Wildman–Crippen LogP) is 2.48. The third-order valence-corrected chi connectivity index (χ3v) is 3.51. The molecule has 1 N–H and O–H groups in total. The van der Waals surface area contributed by atoms with Gasteiger partial charge in [0.2, 0.25) is 0 Å². The van der Waals surface area contributed by atoms with Gasteiger partial charge in [-0.3, -0.25) is 9.47 Å². The fourth-order valence-corrected chi connectivity index (χ4v) is 2.12.